The van der Waals surface area contributed by atoms with Crippen molar-refractivity contribution in [2.45, 2.75) is 20.8 Å². The lowest BCUT2D eigenvalue weighted by Crippen LogP contribution is -2.27. The molecule has 0 fully saturated rings. The Morgan fingerprint density at radius 1 is 1.14 bits per heavy atom. The Kier molecular flexibility index (Phi) is 6.03. The molecule has 0 bridgehead atoms. The molecule has 1 aromatic rings. The number of carbonyl (C=O) groups is 2. The third-order valence-corrected chi connectivity index (χ3v) is 1.33. The number of carbonyl (C=O) groups excluding carboxylic acids is 2. The quantitative estimate of drug-likeness (QED) is 0.747. The number of benzene rings is 1. The molecule has 0 spiro atoms. The molecule has 0 unspecified atom stereocenters. The number of hydrogen-bond donors (Lipinski definition) is 1. The largest absolute Gasteiger partial charge is 0.293 e. The number of rotatable bonds is 1. The summed E-state index contributed by atoms with van der Waals surface area (Å²) in [7, 11) is 0. The van der Waals surface area contributed by atoms with E-state index in [9.17, 15) is 9.59 Å². The SMILES string of the molecule is CC.CC(=O)NC(=O)c1ccccc1.[HH]. The standard InChI is InChI=1S/C9H9NO2.C2H6.H2/c1-7(11)10-9(12)8-5-3-2-4-6-8;1-2;/h2-6H,1H3,(H,10,11,12);1-2H3;1H. The smallest absolute Gasteiger partial charge is 0.257 e. The van der Waals surface area contributed by atoms with Gasteiger partial charge < -0.3 is 0 Å². The van der Waals surface area contributed by atoms with Crippen LogP contribution in [-0.2, 0) is 4.79 Å². The molecule has 0 atom stereocenters. The first kappa shape index (κ1) is 12.4. The molecule has 3 heteroatoms. The van der Waals surface area contributed by atoms with E-state index >= 15 is 0 Å². The molecular weight excluding hydrogens is 178 g/mol. The van der Waals surface area contributed by atoms with Crippen LogP contribution >= 0.6 is 0 Å². The van der Waals surface area contributed by atoms with Crippen LogP contribution in [0, 0.1) is 0 Å². The maximum absolute atomic E-state index is 11.1. The molecular formula is C11H17NO2. The minimum atomic E-state index is -0.358. The molecule has 0 radical (unpaired) electrons. The highest BCUT2D eigenvalue weighted by atomic mass is 16.2. The Morgan fingerprint density at radius 2 is 1.64 bits per heavy atom. The van der Waals surface area contributed by atoms with Crippen molar-refractivity contribution < 1.29 is 11.0 Å². The van der Waals surface area contributed by atoms with Gasteiger partial charge in [-0.2, -0.15) is 0 Å². The lowest BCUT2D eigenvalue weighted by Gasteiger charge is -1.98. The van der Waals surface area contributed by atoms with Crippen LogP contribution in [-0.4, -0.2) is 11.8 Å². The molecule has 0 aliphatic heterocycles. The fourth-order valence-corrected chi connectivity index (χ4v) is 0.822. The van der Waals surface area contributed by atoms with Gasteiger partial charge in [-0.1, -0.05) is 32.0 Å². The van der Waals surface area contributed by atoms with Gasteiger partial charge in [-0.15, -0.1) is 0 Å². The second-order valence-corrected chi connectivity index (χ2v) is 2.38. The Labute approximate surface area is 85.6 Å². The van der Waals surface area contributed by atoms with Crippen LogP contribution in [0.5, 0.6) is 0 Å². The van der Waals surface area contributed by atoms with Gasteiger partial charge in [-0.3, -0.25) is 14.9 Å². The first-order chi connectivity index (χ1) is 6.70. The van der Waals surface area contributed by atoms with E-state index in [4.69, 9.17) is 0 Å². The molecule has 0 aliphatic carbocycles. The average molecular weight is 195 g/mol. The summed E-state index contributed by atoms with van der Waals surface area (Å²) in [6.07, 6.45) is 0. The Hall–Kier alpha value is -1.64. The maximum atomic E-state index is 11.1. The number of hydrogen-bond acceptors (Lipinski definition) is 2. The zero-order chi connectivity index (χ0) is 11.0. The zero-order valence-electron chi connectivity index (χ0n) is 8.70. The van der Waals surface area contributed by atoms with E-state index in [1.165, 1.54) is 6.92 Å². The van der Waals surface area contributed by atoms with E-state index in [2.05, 4.69) is 5.32 Å². The summed E-state index contributed by atoms with van der Waals surface area (Å²) >= 11 is 0. The number of amides is 2. The van der Waals surface area contributed by atoms with E-state index in [1.54, 1.807) is 24.3 Å². The van der Waals surface area contributed by atoms with E-state index in [1.807, 2.05) is 19.9 Å². The van der Waals surface area contributed by atoms with E-state index in [0.717, 1.165) is 0 Å². The van der Waals surface area contributed by atoms with Crippen molar-refractivity contribution in [3.63, 3.8) is 0 Å². The van der Waals surface area contributed by atoms with Crippen LogP contribution in [0.4, 0.5) is 0 Å². The van der Waals surface area contributed by atoms with Crippen LogP contribution in [0.1, 0.15) is 32.6 Å². The predicted octanol–water partition coefficient (Wildman–Crippen LogP) is 2.24. The molecule has 1 N–H and O–H groups in total. The lowest BCUT2D eigenvalue weighted by molar-refractivity contribution is -0.118. The van der Waals surface area contributed by atoms with Crippen molar-refractivity contribution >= 4 is 11.8 Å². The first-order valence-electron chi connectivity index (χ1n) is 4.57. The van der Waals surface area contributed by atoms with E-state index < -0.39 is 0 Å². The molecule has 0 saturated carbocycles. The summed E-state index contributed by atoms with van der Waals surface area (Å²) in [6.45, 7) is 5.31. The van der Waals surface area contributed by atoms with Crippen molar-refractivity contribution in [2.24, 2.45) is 0 Å². The van der Waals surface area contributed by atoms with Gasteiger partial charge in [-0.25, -0.2) is 0 Å². The monoisotopic (exact) mass is 195 g/mol. The van der Waals surface area contributed by atoms with Crippen LogP contribution in [0.2, 0.25) is 0 Å². The van der Waals surface area contributed by atoms with Gasteiger partial charge in [0, 0.05) is 13.9 Å². The van der Waals surface area contributed by atoms with Crippen molar-refractivity contribution in [3.8, 4) is 0 Å². The molecule has 0 aromatic heterocycles. The fourth-order valence-electron chi connectivity index (χ4n) is 0.822. The zero-order valence-corrected chi connectivity index (χ0v) is 8.70. The van der Waals surface area contributed by atoms with Gasteiger partial charge in [-0.05, 0) is 12.1 Å². The molecule has 0 heterocycles. The predicted molar refractivity (Wildman–Crippen MR) is 58.1 cm³/mol. The number of imide groups is 1. The van der Waals surface area contributed by atoms with Crippen molar-refractivity contribution in [3.05, 3.63) is 35.9 Å². The minimum Gasteiger partial charge on any atom is -0.293 e. The van der Waals surface area contributed by atoms with Gasteiger partial charge in [0.15, 0.2) is 0 Å². The molecule has 1 rings (SSSR count). The summed E-state index contributed by atoms with van der Waals surface area (Å²) in [5.74, 6) is -0.702. The minimum absolute atomic E-state index is 0. The van der Waals surface area contributed by atoms with E-state index in [0.29, 0.717) is 5.56 Å². The molecule has 0 aliphatic rings. The lowest BCUT2D eigenvalue weighted by atomic mass is 10.2. The fraction of sp³-hybridized carbons (Fsp3) is 0.273. The Morgan fingerprint density at radius 3 is 2.07 bits per heavy atom. The van der Waals surface area contributed by atoms with Crippen LogP contribution in [0.15, 0.2) is 30.3 Å². The molecule has 3 nitrogen and oxygen atoms in total. The second-order valence-electron chi connectivity index (χ2n) is 2.38. The van der Waals surface area contributed by atoms with Gasteiger partial charge in [0.05, 0.1) is 0 Å². The second kappa shape index (κ2) is 6.83. The van der Waals surface area contributed by atoms with Gasteiger partial charge in [0.1, 0.15) is 0 Å². The highest BCUT2D eigenvalue weighted by Gasteiger charge is 2.04. The van der Waals surface area contributed by atoms with Crippen molar-refractivity contribution in [1.82, 2.24) is 5.32 Å². The van der Waals surface area contributed by atoms with Gasteiger partial charge in [0.2, 0.25) is 5.91 Å². The van der Waals surface area contributed by atoms with Crippen LogP contribution in [0.3, 0.4) is 0 Å². The Bertz CT molecular complexity index is 299. The van der Waals surface area contributed by atoms with Crippen molar-refractivity contribution in [2.75, 3.05) is 0 Å². The van der Waals surface area contributed by atoms with E-state index in [-0.39, 0.29) is 13.2 Å². The normalized spacial score (nSPS) is 8.21. The Balaban J connectivity index is 0. The summed E-state index contributed by atoms with van der Waals surface area (Å²) in [5, 5.41) is 2.18. The summed E-state index contributed by atoms with van der Waals surface area (Å²) in [4.78, 5) is 21.6. The van der Waals surface area contributed by atoms with Crippen LogP contribution < -0.4 is 5.32 Å². The molecule has 78 valence electrons. The molecule has 1 aromatic carbocycles. The highest BCUT2D eigenvalue weighted by Crippen LogP contribution is 1.96. The molecule has 2 amide bonds. The molecule has 14 heavy (non-hydrogen) atoms. The molecule has 0 saturated heterocycles. The third-order valence-electron chi connectivity index (χ3n) is 1.33. The van der Waals surface area contributed by atoms with Gasteiger partial charge in [0.25, 0.3) is 5.91 Å². The van der Waals surface area contributed by atoms with Crippen LogP contribution in [0.25, 0.3) is 0 Å². The highest BCUT2D eigenvalue weighted by molar-refractivity contribution is 6.03. The average Bonchev–Trinajstić information content (AvgIpc) is 2.21. The van der Waals surface area contributed by atoms with Gasteiger partial charge >= 0.3 is 0 Å². The first-order valence-corrected chi connectivity index (χ1v) is 4.57. The topological polar surface area (TPSA) is 46.2 Å². The summed E-state index contributed by atoms with van der Waals surface area (Å²) < 4.78 is 0. The maximum Gasteiger partial charge on any atom is 0.257 e. The summed E-state index contributed by atoms with van der Waals surface area (Å²) in [6, 6.07) is 8.60. The summed E-state index contributed by atoms with van der Waals surface area (Å²) in [5.41, 5.74) is 0.493. The third kappa shape index (κ3) is 4.40. The number of nitrogens with one attached hydrogen (secondary N) is 1. The van der Waals surface area contributed by atoms with Crippen molar-refractivity contribution in [1.29, 1.82) is 0 Å².